The van der Waals surface area contributed by atoms with E-state index in [0.717, 1.165) is 29.7 Å². The molecular formula is C12H12N2O. The molecule has 0 bridgehead atoms. The van der Waals surface area contributed by atoms with Crippen molar-refractivity contribution in [2.75, 3.05) is 0 Å². The first kappa shape index (κ1) is 8.65. The molecule has 3 nitrogen and oxygen atoms in total. The second-order valence-corrected chi connectivity index (χ2v) is 4.13. The van der Waals surface area contributed by atoms with E-state index in [2.05, 4.69) is 11.9 Å². The zero-order valence-electron chi connectivity index (χ0n) is 8.60. The Balaban J connectivity index is 2.46. The van der Waals surface area contributed by atoms with Gasteiger partial charge in [-0.25, -0.2) is 4.98 Å². The van der Waals surface area contributed by atoms with Gasteiger partial charge in [0.1, 0.15) is 5.82 Å². The average Bonchev–Trinajstić information content (AvgIpc) is 2.62. The van der Waals surface area contributed by atoms with Crippen LogP contribution >= 0.6 is 0 Å². The first-order valence-corrected chi connectivity index (χ1v) is 5.27. The van der Waals surface area contributed by atoms with E-state index in [1.165, 1.54) is 0 Å². The lowest BCUT2D eigenvalue weighted by Crippen LogP contribution is -2.21. The van der Waals surface area contributed by atoms with Crippen LogP contribution in [0.1, 0.15) is 25.1 Å². The summed E-state index contributed by atoms with van der Waals surface area (Å²) >= 11 is 0. The molecule has 0 saturated heterocycles. The predicted octanol–water partition coefficient (Wildman–Crippen LogP) is 1.90. The van der Waals surface area contributed by atoms with Crippen molar-refractivity contribution in [2.45, 2.75) is 25.8 Å². The van der Waals surface area contributed by atoms with E-state index >= 15 is 0 Å². The number of hydrogen-bond donors (Lipinski definition) is 0. The van der Waals surface area contributed by atoms with Crippen LogP contribution in [0.4, 0.5) is 0 Å². The third kappa shape index (κ3) is 1.12. The van der Waals surface area contributed by atoms with Gasteiger partial charge in [0.2, 0.25) is 0 Å². The quantitative estimate of drug-likeness (QED) is 0.651. The summed E-state index contributed by atoms with van der Waals surface area (Å²) in [6.07, 6.45) is 1.03. The van der Waals surface area contributed by atoms with Gasteiger partial charge in [0.25, 0.3) is 5.56 Å². The molecule has 3 heteroatoms. The van der Waals surface area contributed by atoms with Crippen molar-refractivity contribution in [1.82, 2.24) is 9.55 Å². The maximum absolute atomic E-state index is 12.1. The topological polar surface area (TPSA) is 34.9 Å². The molecule has 0 amide bonds. The molecule has 2 aromatic rings. The van der Waals surface area contributed by atoms with Crippen molar-refractivity contribution in [3.05, 3.63) is 40.4 Å². The van der Waals surface area contributed by atoms with Gasteiger partial charge < -0.3 is 0 Å². The first-order chi connectivity index (χ1) is 7.27. The zero-order chi connectivity index (χ0) is 10.4. The highest BCUT2D eigenvalue weighted by Gasteiger charge is 2.22. The molecule has 1 aromatic carbocycles. The lowest BCUT2D eigenvalue weighted by atomic mass is 10.1. The first-order valence-electron chi connectivity index (χ1n) is 5.27. The van der Waals surface area contributed by atoms with Crippen LogP contribution in [0.5, 0.6) is 0 Å². The summed E-state index contributed by atoms with van der Waals surface area (Å²) in [5.41, 5.74) is 0.933. The third-order valence-electron chi connectivity index (χ3n) is 3.12. The lowest BCUT2D eigenvalue weighted by molar-refractivity contribution is 0.695. The minimum Gasteiger partial charge on any atom is -0.296 e. The van der Waals surface area contributed by atoms with E-state index in [1.54, 1.807) is 0 Å². The third-order valence-corrected chi connectivity index (χ3v) is 3.12. The largest absolute Gasteiger partial charge is 0.296 e. The second kappa shape index (κ2) is 2.92. The number of benzene rings is 1. The number of hydrogen-bond acceptors (Lipinski definition) is 2. The zero-order valence-corrected chi connectivity index (χ0v) is 8.60. The fourth-order valence-corrected chi connectivity index (χ4v) is 2.23. The van der Waals surface area contributed by atoms with Gasteiger partial charge in [-0.15, -0.1) is 0 Å². The Bertz CT molecular complexity index is 586. The Morgan fingerprint density at radius 3 is 3.07 bits per heavy atom. The Kier molecular flexibility index (Phi) is 1.69. The molecule has 1 atom stereocenters. The molecule has 0 saturated carbocycles. The number of fused-ring (bicyclic) bond motifs is 2. The molecule has 0 aliphatic carbocycles. The van der Waals surface area contributed by atoms with E-state index in [4.69, 9.17) is 0 Å². The van der Waals surface area contributed by atoms with Gasteiger partial charge in [0.15, 0.2) is 0 Å². The van der Waals surface area contributed by atoms with Gasteiger partial charge in [-0.05, 0) is 18.6 Å². The van der Waals surface area contributed by atoms with Crippen molar-refractivity contribution in [3.63, 3.8) is 0 Å². The van der Waals surface area contributed by atoms with Gasteiger partial charge in [0.05, 0.1) is 10.9 Å². The molecular weight excluding hydrogens is 188 g/mol. The summed E-state index contributed by atoms with van der Waals surface area (Å²) in [4.78, 5) is 16.6. The minimum atomic E-state index is 0.111. The SMILES string of the molecule is CC1CCn2c1nc1ccccc1c2=O. The van der Waals surface area contributed by atoms with Crippen LogP contribution in [0.3, 0.4) is 0 Å². The monoisotopic (exact) mass is 200 g/mol. The van der Waals surface area contributed by atoms with Gasteiger partial charge in [-0.3, -0.25) is 9.36 Å². The summed E-state index contributed by atoms with van der Waals surface area (Å²) in [7, 11) is 0. The number of aromatic nitrogens is 2. The molecule has 0 spiro atoms. The van der Waals surface area contributed by atoms with E-state index in [9.17, 15) is 4.79 Å². The molecule has 76 valence electrons. The molecule has 0 radical (unpaired) electrons. The standard InChI is InChI=1S/C12H12N2O/c1-8-6-7-14-11(8)13-10-5-3-2-4-9(10)12(14)15/h2-5,8H,6-7H2,1H3. The van der Waals surface area contributed by atoms with Crippen LogP contribution in [0, 0.1) is 0 Å². The van der Waals surface area contributed by atoms with E-state index < -0.39 is 0 Å². The lowest BCUT2D eigenvalue weighted by Gasteiger charge is -2.06. The molecule has 15 heavy (non-hydrogen) atoms. The molecule has 0 fully saturated rings. The highest BCUT2D eigenvalue weighted by molar-refractivity contribution is 5.77. The van der Waals surface area contributed by atoms with Crippen LogP contribution in [-0.4, -0.2) is 9.55 Å². The Morgan fingerprint density at radius 1 is 1.40 bits per heavy atom. The van der Waals surface area contributed by atoms with Gasteiger partial charge in [-0.1, -0.05) is 19.1 Å². The molecule has 0 N–H and O–H groups in total. The van der Waals surface area contributed by atoms with Crippen LogP contribution in [0.15, 0.2) is 29.1 Å². The molecule has 1 aromatic heterocycles. The fourth-order valence-electron chi connectivity index (χ4n) is 2.23. The summed E-state index contributed by atoms with van der Waals surface area (Å²) < 4.78 is 1.81. The van der Waals surface area contributed by atoms with Crippen LogP contribution in [0.25, 0.3) is 10.9 Å². The summed E-state index contributed by atoms with van der Waals surface area (Å²) in [6, 6.07) is 7.56. The highest BCUT2D eigenvalue weighted by Crippen LogP contribution is 2.24. The smallest absolute Gasteiger partial charge is 0.261 e. The maximum atomic E-state index is 12.1. The molecule has 1 aliphatic heterocycles. The van der Waals surface area contributed by atoms with Crippen LogP contribution in [-0.2, 0) is 6.54 Å². The summed E-state index contributed by atoms with van der Waals surface area (Å²) in [5.74, 6) is 1.35. The van der Waals surface area contributed by atoms with Gasteiger partial charge >= 0.3 is 0 Å². The Morgan fingerprint density at radius 2 is 2.20 bits per heavy atom. The predicted molar refractivity (Wildman–Crippen MR) is 59.0 cm³/mol. The van der Waals surface area contributed by atoms with E-state index in [-0.39, 0.29) is 5.56 Å². The number of nitrogens with zero attached hydrogens (tertiary/aromatic N) is 2. The second-order valence-electron chi connectivity index (χ2n) is 4.13. The van der Waals surface area contributed by atoms with E-state index in [1.807, 2.05) is 28.8 Å². The summed E-state index contributed by atoms with van der Waals surface area (Å²) in [5, 5.41) is 0.732. The summed E-state index contributed by atoms with van der Waals surface area (Å²) in [6.45, 7) is 2.94. The molecule has 1 unspecified atom stereocenters. The van der Waals surface area contributed by atoms with Crippen molar-refractivity contribution >= 4 is 10.9 Å². The average molecular weight is 200 g/mol. The van der Waals surface area contributed by atoms with Crippen molar-refractivity contribution in [2.24, 2.45) is 0 Å². The molecule has 3 rings (SSSR count). The van der Waals surface area contributed by atoms with Crippen molar-refractivity contribution < 1.29 is 0 Å². The van der Waals surface area contributed by atoms with Gasteiger partial charge in [0, 0.05) is 12.5 Å². The van der Waals surface area contributed by atoms with E-state index in [0.29, 0.717) is 5.92 Å². The Hall–Kier alpha value is -1.64. The van der Waals surface area contributed by atoms with Crippen LogP contribution in [0.2, 0.25) is 0 Å². The normalized spacial score (nSPS) is 19.4. The molecule has 2 heterocycles. The maximum Gasteiger partial charge on any atom is 0.261 e. The highest BCUT2D eigenvalue weighted by atomic mass is 16.1. The molecule has 1 aliphatic rings. The number of para-hydroxylation sites is 1. The Labute approximate surface area is 87.4 Å². The van der Waals surface area contributed by atoms with Gasteiger partial charge in [-0.2, -0.15) is 0 Å². The van der Waals surface area contributed by atoms with Crippen molar-refractivity contribution in [1.29, 1.82) is 0 Å². The fraction of sp³-hybridized carbons (Fsp3) is 0.333. The minimum absolute atomic E-state index is 0.111. The van der Waals surface area contributed by atoms with Crippen LogP contribution < -0.4 is 5.56 Å². The van der Waals surface area contributed by atoms with Crippen molar-refractivity contribution in [3.8, 4) is 0 Å². The number of rotatable bonds is 0.